The second-order valence-electron chi connectivity index (χ2n) is 5.25. The summed E-state index contributed by atoms with van der Waals surface area (Å²) >= 11 is 0. The molecule has 0 aromatic heterocycles. The van der Waals surface area contributed by atoms with Crippen LogP contribution in [0.15, 0.2) is 0 Å². The summed E-state index contributed by atoms with van der Waals surface area (Å²) in [4.78, 5) is 0. The van der Waals surface area contributed by atoms with E-state index in [1.165, 1.54) is 32.1 Å². The van der Waals surface area contributed by atoms with Gasteiger partial charge in [-0.1, -0.05) is 39.5 Å². The minimum absolute atomic E-state index is 1.02. The van der Waals surface area contributed by atoms with Crippen LogP contribution in [0.5, 0.6) is 0 Å². The van der Waals surface area contributed by atoms with Crippen molar-refractivity contribution in [1.29, 1.82) is 0 Å². The van der Waals surface area contributed by atoms with Crippen molar-refractivity contribution in [3.05, 3.63) is 0 Å². The summed E-state index contributed by atoms with van der Waals surface area (Å²) in [6, 6.07) is 0. The zero-order chi connectivity index (χ0) is 8.55. The molecule has 0 bridgehead atoms. The van der Waals surface area contributed by atoms with Gasteiger partial charge < -0.3 is 0 Å². The first-order valence-electron chi connectivity index (χ1n) is 5.77. The molecule has 0 nitrogen and oxygen atoms in total. The molecule has 0 amide bonds. The number of fused-ring (bicyclic) bond motifs is 1. The SMILES string of the molecule is C[C@H]1CCC2[C@@H](CCC[C@@H]2C)C1. The van der Waals surface area contributed by atoms with Gasteiger partial charge in [-0.15, -0.1) is 0 Å². The molecule has 0 heterocycles. The predicted molar refractivity (Wildman–Crippen MR) is 53.0 cm³/mol. The van der Waals surface area contributed by atoms with Crippen LogP contribution in [0.25, 0.3) is 0 Å². The van der Waals surface area contributed by atoms with E-state index in [2.05, 4.69) is 13.8 Å². The third-order valence-corrected chi connectivity index (χ3v) is 4.27. The summed E-state index contributed by atoms with van der Waals surface area (Å²) in [5.74, 6) is 4.28. The van der Waals surface area contributed by atoms with Crippen LogP contribution in [0, 0.1) is 23.7 Å². The van der Waals surface area contributed by atoms with E-state index >= 15 is 0 Å². The standard InChI is InChI=1S/C12H22/c1-9-6-7-12-10(2)4-3-5-11(12)8-9/h9-12H,3-8H2,1-2H3/t9-,10-,11-,12?/m0/s1. The molecule has 0 spiro atoms. The Balaban J connectivity index is 1.99. The van der Waals surface area contributed by atoms with Crippen molar-refractivity contribution in [3.8, 4) is 0 Å². The molecule has 70 valence electrons. The normalized spacial score (nSPS) is 48.5. The highest BCUT2D eigenvalue weighted by molar-refractivity contribution is 4.85. The summed E-state index contributed by atoms with van der Waals surface area (Å²) in [6.07, 6.45) is 9.14. The van der Waals surface area contributed by atoms with Crippen LogP contribution in [0.4, 0.5) is 0 Å². The van der Waals surface area contributed by atoms with Crippen molar-refractivity contribution in [2.24, 2.45) is 23.7 Å². The molecule has 0 radical (unpaired) electrons. The van der Waals surface area contributed by atoms with E-state index < -0.39 is 0 Å². The molecule has 2 rings (SSSR count). The van der Waals surface area contributed by atoms with E-state index in [1.807, 2.05) is 0 Å². The second-order valence-corrected chi connectivity index (χ2v) is 5.25. The van der Waals surface area contributed by atoms with Crippen molar-refractivity contribution in [3.63, 3.8) is 0 Å². The van der Waals surface area contributed by atoms with Crippen LogP contribution in [-0.2, 0) is 0 Å². The van der Waals surface area contributed by atoms with Crippen LogP contribution < -0.4 is 0 Å². The van der Waals surface area contributed by atoms with Gasteiger partial charge in [-0.2, -0.15) is 0 Å². The highest BCUT2D eigenvalue weighted by Gasteiger charge is 2.34. The molecule has 0 aromatic rings. The van der Waals surface area contributed by atoms with Gasteiger partial charge in [0.15, 0.2) is 0 Å². The van der Waals surface area contributed by atoms with Gasteiger partial charge in [-0.05, 0) is 36.5 Å². The largest absolute Gasteiger partial charge is 0.0625 e. The molecule has 4 atom stereocenters. The molecule has 2 aliphatic rings. The van der Waals surface area contributed by atoms with Gasteiger partial charge in [0.05, 0.1) is 0 Å². The van der Waals surface area contributed by atoms with Gasteiger partial charge >= 0.3 is 0 Å². The lowest BCUT2D eigenvalue weighted by Crippen LogP contribution is -2.31. The van der Waals surface area contributed by atoms with Crippen molar-refractivity contribution >= 4 is 0 Å². The Kier molecular flexibility index (Phi) is 2.43. The molecule has 0 aromatic carbocycles. The first-order chi connectivity index (χ1) is 5.77. The first kappa shape index (κ1) is 8.59. The lowest BCUT2D eigenvalue weighted by molar-refractivity contribution is 0.0892. The van der Waals surface area contributed by atoms with Crippen LogP contribution in [-0.4, -0.2) is 0 Å². The average molecular weight is 166 g/mol. The molecule has 2 saturated carbocycles. The predicted octanol–water partition coefficient (Wildman–Crippen LogP) is 3.86. The molecule has 0 aliphatic heterocycles. The van der Waals surface area contributed by atoms with Gasteiger partial charge in [0, 0.05) is 0 Å². The number of hydrogen-bond donors (Lipinski definition) is 0. The fraction of sp³-hybridized carbons (Fsp3) is 1.00. The van der Waals surface area contributed by atoms with Gasteiger partial charge in [-0.25, -0.2) is 0 Å². The molecule has 2 fully saturated rings. The molecule has 0 saturated heterocycles. The fourth-order valence-corrected chi connectivity index (χ4v) is 3.52. The topological polar surface area (TPSA) is 0 Å². The second kappa shape index (κ2) is 3.40. The fourth-order valence-electron chi connectivity index (χ4n) is 3.52. The Hall–Kier alpha value is 0. The zero-order valence-corrected chi connectivity index (χ0v) is 8.55. The van der Waals surface area contributed by atoms with E-state index in [0.29, 0.717) is 0 Å². The summed E-state index contributed by atoms with van der Waals surface area (Å²) in [7, 11) is 0. The van der Waals surface area contributed by atoms with Crippen molar-refractivity contribution in [2.75, 3.05) is 0 Å². The van der Waals surface area contributed by atoms with Gasteiger partial charge in [0.25, 0.3) is 0 Å². The maximum Gasteiger partial charge on any atom is -0.0360 e. The van der Waals surface area contributed by atoms with Crippen LogP contribution in [0.1, 0.15) is 52.4 Å². The molecular weight excluding hydrogens is 144 g/mol. The molecule has 0 N–H and O–H groups in total. The smallest absolute Gasteiger partial charge is 0.0360 e. The third-order valence-electron chi connectivity index (χ3n) is 4.27. The molecule has 2 aliphatic carbocycles. The lowest BCUT2D eigenvalue weighted by Gasteiger charge is -2.42. The van der Waals surface area contributed by atoms with E-state index in [0.717, 1.165) is 23.7 Å². The summed E-state index contributed by atoms with van der Waals surface area (Å²) in [6.45, 7) is 4.92. The number of hydrogen-bond acceptors (Lipinski definition) is 0. The summed E-state index contributed by atoms with van der Waals surface area (Å²) in [5.41, 5.74) is 0. The molecule has 1 unspecified atom stereocenters. The van der Waals surface area contributed by atoms with Crippen molar-refractivity contribution < 1.29 is 0 Å². The van der Waals surface area contributed by atoms with Crippen molar-refractivity contribution in [2.45, 2.75) is 52.4 Å². The monoisotopic (exact) mass is 166 g/mol. The Morgan fingerprint density at radius 3 is 2.58 bits per heavy atom. The Morgan fingerprint density at radius 2 is 1.75 bits per heavy atom. The van der Waals surface area contributed by atoms with Crippen LogP contribution in [0.2, 0.25) is 0 Å². The average Bonchev–Trinajstić information content (AvgIpc) is 2.04. The molecular formula is C12H22. The Morgan fingerprint density at radius 1 is 0.917 bits per heavy atom. The van der Waals surface area contributed by atoms with Crippen LogP contribution >= 0.6 is 0 Å². The minimum Gasteiger partial charge on any atom is -0.0625 e. The van der Waals surface area contributed by atoms with E-state index in [4.69, 9.17) is 0 Å². The maximum absolute atomic E-state index is 2.48. The summed E-state index contributed by atoms with van der Waals surface area (Å²) < 4.78 is 0. The molecule has 0 heteroatoms. The van der Waals surface area contributed by atoms with E-state index in [-0.39, 0.29) is 0 Å². The van der Waals surface area contributed by atoms with Gasteiger partial charge in [0.1, 0.15) is 0 Å². The Labute approximate surface area is 76.7 Å². The van der Waals surface area contributed by atoms with Crippen LogP contribution in [0.3, 0.4) is 0 Å². The molecule has 12 heavy (non-hydrogen) atoms. The van der Waals surface area contributed by atoms with E-state index in [9.17, 15) is 0 Å². The zero-order valence-electron chi connectivity index (χ0n) is 8.55. The Bertz CT molecular complexity index is 150. The highest BCUT2D eigenvalue weighted by atomic mass is 14.4. The third kappa shape index (κ3) is 1.53. The van der Waals surface area contributed by atoms with Gasteiger partial charge in [-0.3, -0.25) is 0 Å². The van der Waals surface area contributed by atoms with E-state index in [1.54, 1.807) is 6.42 Å². The maximum atomic E-state index is 2.48. The van der Waals surface area contributed by atoms with Gasteiger partial charge in [0.2, 0.25) is 0 Å². The quantitative estimate of drug-likeness (QED) is 0.512. The summed E-state index contributed by atoms with van der Waals surface area (Å²) in [5, 5.41) is 0. The van der Waals surface area contributed by atoms with Crippen molar-refractivity contribution in [1.82, 2.24) is 0 Å². The lowest BCUT2D eigenvalue weighted by atomic mass is 9.64. The highest BCUT2D eigenvalue weighted by Crippen LogP contribution is 2.45. The minimum atomic E-state index is 1.02. The first-order valence-corrected chi connectivity index (χ1v) is 5.77. The number of rotatable bonds is 0.